The smallest absolute Gasteiger partial charge is 0.493 e. The SMILES string of the molecule is CCCCCCOc1cc(/C=C(/c2ccc(-c3ccccc3)cc2)S(=O)(=O)C(F)(F)F)c(OCCCCCC)cc1/C=C(/c1ccc(-c2ccccc2)cc1)S(=O)(=O)C(F)(F)F. The summed E-state index contributed by atoms with van der Waals surface area (Å²) in [5, 5.41) is 0. The van der Waals surface area contributed by atoms with Crippen LogP contribution in [0.1, 0.15) is 87.5 Å². The van der Waals surface area contributed by atoms with E-state index in [0.29, 0.717) is 36.8 Å². The third kappa shape index (κ3) is 12.0. The first-order chi connectivity index (χ1) is 29.5. The van der Waals surface area contributed by atoms with Crippen molar-refractivity contribution in [3.63, 3.8) is 0 Å². The normalized spacial score (nSPS) is 13.0. The quantitative estimate of drug-likeness (QED) is 0.0439. The van der Waals surface area contributed by atoms with Crippen molar-refractivity contribution in [2.24, 2.45) is 0 Å². The molecule has 14 heteroatoms. The van der Waals surface area contributed by atoms with Gasteiger partial charge in [0, 0.05) is 11.1 Å². The minimum absolute atomic E-state index is 0.00297. The molecule has 0 aliphatic heterocycles. The van der Waals surface area contributed by atoms with Crippen LogP contribution in [0.25, 0.3) is 44.2 Å². The van der Waals surface area contributed by atoms with Crippen LogP contribution in [-0.4, -0.2) is 41.1 Å². The van der Waals surface area contributed by atoms with Gasteiger partial charge in [0.2, 0.25) is 0 Å². The predicted molar refractivity (Wildman–Crippen MR) is 235 cm³/mol. The lowest BCUT2D eigenvalue weighted by Gasteiger charge is -2.19. The first-order valence-electron chi connectivity index (χ1n) is 20.3. The molecule has 0 aliphatic carbocycles. The van der Waals surface area contributed by atoms with Gasteiger partial charge in [-0.2, -0.15) is 26.3 Å². The van der Waals surface area contributed by atoms with E-state index in [1.807, 2.05) is 13.8 Å². The maximum absolute atomic E-state index is 14.4. The molecular formula is C48H48F6O6S2. The first-order valence-corrected chi connectivity index (χ1v) is 23.3. The molecule has 0 atom stereocenters. The van der Waals surface area contributed by atoms with E-state index < -0.39 is 40.5 Å². The third-order valence-corrected chi connectivity index (χ3v) is 13.1. The fourth-order valence-corrected chi connectivity index (χ4v) is 8.52. The van der Waals surface area contributed by atoms with E-state index >= 15 is 0 Å². The van der Waals surface area contributed by atoms with Crippen LogP contribution in [0.3, 0.4) is 0 Å². The molecule has 5 rings (SSSR count). The highest BCUT2D eigenvalue weighted by Crippen LogP contribution is 2.42. The zero-order valence-corrected chi connectivity index (χ0v) is 35.9. The van der Waals surface area contributed by atoms with Crippen LogP contribution < -0.4 is 9.47 Å². The maximum atomic E-state index is 14.4. The molecule has 0 spiro atoms. The van der Waals surface area contributed by atoms with Crippen molar-refractivity contribution >= 4 is 41.6 Å². The number of rotatable bonds is 20. The van der Waals surface area contributed by atoms with Crippen molar-refractivity contribution in [2.45, 2.75) is 76.2 Å². The van der Waals surface area contributed by atoms with Crippen molar-refractivity contribution in [1.82, 2.24) is 0 Å². The molecule has 0 aliphatic rings. The number of ether oxygens (including phenoxy) is 2. The van der Waals surface area contributed by atoms with Crippen molar-refractivity contribution in [3.05, 3.63) is 144 Å². The summed E-state index contributed by atoms with van der Waals surface area (Å²) in [4.78, 5) is -2.23. The van der Waals surface area contributed by atoms with Crippen LogP contribution in [0.5, 0.6) is 11.5 Å². The first kappa shape index (κ1) is 47.7. The van der Waals surface area contributed by atoms with E-state index in [4.69, 9.17) is 9.47 Å². The van der Waals surface area contributed by atoms with Crippen LogP contribution in [-0.2, 0) is 19.7 Å². The zero-order valence-electron chi connectivity index (χ0n) is 34.3. The lowest BCUT2D eigenvalue weighted by Crippen LogP contribution is -2.24. The van der Waals surface area contributed by atoms with E-state index in [2.05, 4.69) is 0 Å². The van der Waals surface area contributed by atoms with Gasteiger partial charge in [0.1, 0.15) is 11.5 Å². The van der Waals surface area contributed by atoms with E-state index in [1.165, 1.54) is 60.7 Å². The number of hydrogen-bond donors (Lipinski definition) is 0. The summed E-state index contributed by atoms with van der Waals surface area (Å²) >= 11 is 0. The molecule has 0 saturated carbocycles. The molecule has 5 aromatic rings. The molecule has 0 N–H and O–H groups in total. The lowest BCUT2D eigenvalue weighted by atomic mass is 10.0. The number of halogens is 6. The summed E-state index contributed by atoms with van der Waals surface area (Å²) in [6.07, 6.45) is 7.40. The fourth-order valence-electron chi connectivity index (χ4n) is 6.57. The van der Waals surface area contributed by atoms with Gasteiger partial charge in [-0.1, -0.05) is 162 Å². The summed E-state index contributed by atoms with van der Waals surface area (Å²) in [6.45, 7) is 3.98. The molecule has 6 nitrogen and oxygen atoms in total. The van der Waals surface area contributed by atoms with Gasteiger partial charge in [-0.15, -0.1) is 0 Å². The second kappa shape index (κ2) is 21.2. The van der Waals surface area contributed by atoms with Crippen molar-refractivity contribution < 1.29 is 52.7 Å². The Morgan fingerprint density at radius 2 is 0.790 bits per heavy atom. The lowest BCUT2D eigenvalue weighted by molar-refractivity contribution is -0.0426. The highest BCUT2D eigenvalue weighted by atomic mass is 32.2. The van der Waals surface area contributed by atoms with Crippen LogP contribution in [0, 0.1) is 0 Å². The Balaban J connectivity index is 1.76. The second-order valence-electron chi connectivity index (χ2n) is 14.5. The fraction of sp³-hybridized carbons (Fsp3) is 0.292. The number of alkyl halides is 6. The maximum Gasteiger partial charge on any atom is 0.501 e. The predicted octanol–water partition coefficient (Wildman–Crippen LogP) is 13.8. The average Bonchev–Trinajstić information content (AvgIpc) is 3.25. The Morgan fingerprint density at radius 1 is 0.468 bits per heavy atom. The monoisotopic (exact) mass is 898 g/mol. The number of hydrogen-bond acceptors (Lipinski definition) is 6. The van der Waals surface area contributed by atoms with Crippen LogP contribution in [0.4, 0.5) is 26.3 Å². The molecule has 0 saturated heterocycles. The average molecular weight is 899 g/mol. The zero-order chi connectivity index (χ0) is 45.0. The molecule has 0 amide bonds. The van der Waals surface area contributed by atoms with Crippen molar-refractivity contribution in [2.75, 3.05) is 13.2 Å². The van der Waals surface area contributed by atoms with Gasteiger partial charge in [0.15, 0.2) is 0 Å². The van der Waals surface area contributed by atoms with Gasteiger partial charge in [-0.05, 0) is 70.5 Å². The van der Waals surface area contributed by atoms with Crippen LogP contribution >= 0.6 is 0 Å². The Bertz CT molecular complexity index is 2340. The van der Waals surface area contributed by atoms with E-state index in [0.717, 1.165) is 49.0 Å². The molecule has 0 heterocycles. The van der Waals surface area contributed by atoms with Crippen molar-refractivity contribution in [3.8, 4) is 33.8 Å². The topological polar surface area (TPSA) is 86.7 Å². The molecule has 5 aromatic carbocycles. The summed E-state index contributed by atoms with van der Waals surface area (Å²) < 4.78 is 152. The highest BCUT2D eigenvalue weighted by molar-refractivity contribution is 8.02. The Kier molecular flexibility index (Phi) is 16.3. The van der Waals surface area contributed by atoms with E-state index in [1.54, 1.807) is 60.7 Å². The van der Waals surface area contributed by atoms with Crippen LogP contribution in [0.2, 0.25) is 0 Å². The summed E-state index contributed by atoms with van der Waals surface area (Å²) in [7, 11) is -12.1. The van der Waals surface area contributed by atoms with Gasteiger partial charge in [-0.3, -0.25) is 0 Å². The molecule has 0 bridgehead atoms. The van der Waals surface area contributed by atoms with E-state index in [9.17, 15) is 43.2 Å². The summed E-state index contributed by atoms with van der Waals surface area (Å²) in [5.41, 5.74) is -9.71. The largest absolute Gasteiger partial charge is 0.501 e. The molecule has 0 radical (unpaired) electrons. The Morgan fingerprint density at radius 3 is 1.10 bits per heavy atom. The highest BCUT2D eigenvalue weighted by Gasteiger charge is 2.49. The number of sulfone groups is 2. The molecule has 0 fully saturated rings. The Hall–Kier alpha value is -5.34. The van der Waals surface area contributed by atoms with Crippen molar-refractivity contribution in [1.29, 1.82) is 0 Å². The van der Waals surface area contributed by atoms with Crippen LogP contribution in [0.15, 0.2) is 121 Å². The molecule has 62 heavy (non-hydrogen) atoms. The summed E-state index contributed by atoms with van der Waals surface area (Å²) in [6, 6.07) is 31.1. The Labute approximate surface area is 359 Å². The van der Waals surface area contributed by atoms with Gasteiger partial charge in [0.25, 0.3) is 19.7 Å². The standard InChI is InChI=1S/C48H48F6O6S2/c1-3-5-7-15-29-59-43-31-42(34-46(62(57,58)48(52,53)54)40-27-23-38(24-28-40)36-19-13-10-14-20-36)44(60-30-16-8-6-4-2)32-41(43)33-45(61(55,56)47(49,50)51)39-25-21-37(22-26-39)35-17-11-9-12-18-35/h9-14,17-28,31-34H,3-8,15-16,29-30H2,1-2H3/b45-33-,46-34-. The van der Waals surface area contributed by atoms with E-state index in [-0.39, 0.29) is 47.0 Å². The van der Waals surface area contributed by atoms with Gasteiger partial charge in [-0.25, -0.2) is 16.8 Å². The summed E-state index contributed by atoms with van der Waals surface area (Å²) in [5.74, 6) is -0.407. The molecule has 0 unspecified atom stereocenters. The molecule has 0 aromatic heterocycles. The molecule has 330 valence electrons. The number of unbranched alkanes of at least 4 members (excludes halogenated alkanes) is 6. The number of benzene rings is 5. The minimum Gasteiger partial charge on any atom is -0.493 e. The van der Waals surface area contributed by atoms with Gasteiger partial charge in [0.05, 0.1) is 23.0 Å². The third-order valence-electron chi connectivity index (χ3n) is 9.97. The van der Waals surface area contributed by atoms with Gasteiger partial charge < -0.3 is 9.47 Å². The molecular weight excluding hydrogens is 851 g/mol. The minimum atomic E-state index is -6.03. The van der Waals surface area contributed by atoms with Gasteiger partial charge >= 0.3 is 11.0 Å². The second-order valence-corrected chi connectivity index (χ2v) is 18.4.